The third kappa shape index (κ3) is 13.0. The molecule has 0 heterocycles. The van der Waals surface area contributed by atoms with E-state index in [0.717, 1.165) is 24.4 Å². The highest BCUT2D eigenvalue weighted by Crippen LogP contribution is 2.41. The second-order valence-electron chi connectivity index (χ2n) is 11.6. The van der Waals surface area contributed by atoms with Crippen molar-refractivity contribution in [2.45, 2.75) is 174 Å². The Labute approximate surface area is 203 Å². The van der Waals surface area contributed by atoms with Gasteiger partial charge >= 0.3 is 0 Å². The van der Waals surface area contributed by atoms with Crippen molar-refractivity contribution < 1.29 is 4.74 Å². The van der Waals surface area contributed by atoms with E-state index >= 15 is 0 Å². The summed E-state index contributed by atoms with van der Waals surface area (Å²) < 4.78 is 6.27. The zero-order valence-electron chi connectivity index (χ0n) is 22.4. The Bertz CT molecular complexity index is 389. The molecule has 2 rings (SSSR count). The quantitative estimate of drug-likeness (QED) is 0.178. The molecule has 32 heavy (non-hydrogen) atoms. The molecule has 0 amide bonds. The average Bonchev–Trinajstić information content (AvgIpc) is 2.83. The van der Waals surface area contributed by atoms with Crippen LogP contribution in [-0.4, -0.2) is 12.7 Å². The minimum Gasteiger partial charge on any atom is -0.378 e. The maximum absolute atomic E-state index is 6.27. The van der Waals surface area contributed by atoms with E-state index in [4.69, 9.17) is 4.74 Å². The second kappa shape index (κ2) is 19.3. The maximum atomic E-state index is 6.27. The number of unbranched alkanes of at least 4 members (excludes halogenated alkanes) is 13. The summed E-state index contributed by atoms with van der Waals surface area (Å²) in [5.74, 6) is 3.14. The van der Waals surface area contributed by atoms with Crippen LogP contribution in [0.1, 0.15) is 168 Å². The number of ether oxygens (including phenoxy) is 1. The van der Waals surface area contributed by atoms with Crippen molar-refractivity contribution in [3.8, 4) is 0 Å². The van der Waals surface area contributed by atoms with Crippen molar-refractivity contribution in [1.29, 1.82) is 0 Å². The fourth-order valence-electron chi connectivity index (χ4n) is 6.55. The first-order valence-corrected chi connectivity index (χ1v) is 15.4. The van der Waals surface area contributed by atoms with Gasteiger partial charge in [0, 0.05) is 6.61 Å². The summed E-state index contributed by atoms with van der Waals surface area (Å²) in [5.41, 5.74) is 0. The molecule has 0 unspecified atom stereocenters. The zero-order valence-corrected chi connectivity index (χ0v) is 22.4. The molecule has 0 aromatic heterocycles. The lowest BCUT2D eigenvalue weighted by atomic mass is 9.70. The molecule has 190 valence electrons. The van der Waals surface area contributed by atoms with Gasteiger partial charge in [0.05, 0.1) is 6.10 Å². The van der Waals surface area contributed by atoms with E-state index < -0.39 is 0 Å². The molecule has 0 N–H and O–H groups in total. The van der Waals surface area contributed by atoms with Gasteiger partial charge < -0.3 is 4.74 Å². The van der Waals surface area contributed by atoms with Crippen LogP contribution in [0.15, 0.2) is 0 Å². The summed E-state index contributed by atoms with van der Waals surface area (Å²) in [4.78, 5) is 0. The van der Waals surface area contributed by atoms with Crippen LogP contribution in [0.4, 0.5) is 0 Å². The molecule has 0 spiro atoms. The summed E-state index contributed by atoms with van der Waals surface area (Å²) in [5, 5.41) is 0. The highest BCUT2D eigenvalue weighted by molar-refractivity contribution is 4.82. The predicted octanol–water partition coefficient (Wildman–Crippen LogP) is 10.6. The van der Waals surface area contributed by atoms with Gasteiger partial charge in [0.2, 0.25) is 0 Å². The van der Waals surface area contributed by atoms with E-state index in [9.17, 15) is 0 Å². The number of hydrogen-bond acceptors (Lipinski definition) is 1. The largest absolute Gasteiger partial charge is 0.378 e. The van der Waals surface area contributed by atoms with Gasteiger partial charge in [-0.2, -0.15) is 0 Å². The van der Waals surface area contributed by atoms with E-state index in [1.165, 1.54) is 154 Å². The lowest BCUT2D eigenvalue weighted by molar-refractivity contribution is 0.00526. The van der Waals surface area contributed by atoms with Crippen molar-refractivity contribution in [2.75, 3.05) is 6.61 Å². The maximum Gasteiger partial charge on any atom is 0.0575 e. The van der Waals surface area contributed by atoms with E-state index in [-0.39, 0.29) is 0 Å². The SMILES string of the molecule is CCCCCCCCCCOC1CCC(C2CCC(CCCCCCCCC)CC2)CC1. The van der Waals surface area contributed by atoms with Crippen LogP contribution in [-0.2, 0) is 4.74 Å². The summed E-state index contributed by atoms with van der Waals surface area (Å²) in [6.07, 6.45) is 35.3. The Morgan fingerprint density at radius 2 is 0.906 bits per heavy atom. The first kappa shape index (κ1) is 28.2. The number of hydrogen-bond donors (Lipinski definition) is 0. The molecular weight excluding hydrogens is 388 g/mol. The Hall–Kier alpha value is -0.0400. The summed E-state index contributed by atoms with van der Waals surface area (Å²) in [7, 11) is 0. The van der Waals surface area contributed by atoms with E-state index in [0.29, 0.717) is 6.10 Å². The van der Waals surface area contributed by atoms with Crippen LogP contribution in [0.2, 0.25) is 0 Å². The molecule has 0 saturated heterocycles. The Balaban J connectivity index is 1.41. The molecule has 1 nitrogen and oxygen atoms in total. The zero-order chi connectivity index (χ0) is 22.7. The Morgan fingerprint density at radius 1 is 0.469 bits per heavy atom. The highest BCUT2D eigenvalue weighted by Gasteiger charge is 2.30. The van der Waals surface area contributed by atoms with Crippen LogP contribution >= 0.6 is 0 Å². The normalized spacial score (nSPS) is 26.4. The third-order valence-corrected chi connectivity index (χ3v) is 8.84. The van der Waals surface area contributed by atoms with Crippen LogP contribution in [0.25, 0.3) is 0 Å². The fourth-order valence-corrected chi connectivity index (χ4v) is 6.55. The van der Waals surface area contributed by atoms with E-state index in [1.807, 2.05) is 0 Å². The molecule has 2 fully saturated rings. The van der Waals surface area contributed by atoms with Crippen molar-refractivity contribution in [3.63, 3.8) is 0 Å². The minimum absolute atomic E-state index is 0.587. The van der Waals surface area contributed by atoms with Gasteiger partial charge in [-0.25, -0.2) is 0 Å². The van der Waals surface area contributed by atoms with E-state index in [2.05, 4.69) is 13.8 Å². The van der Waals surface area contributed by atoms with Crippen molar-refractivity contribution in [1.82, 2.24) is 0 Å². The molecule has 1 heteroatoms. The van der Waals surface area contributed by atoms with Crippen molar-refractivity contribution in [2.24, 2.45) is 17.8 Å². The predicted molar refractivity (Wildman–Crippen MR) is 142 cm³/mol. The molecular formula is C31H60O. The molecule has 0 aromatic carbocycles. The van der Waals surface area contributed by atoms with Gasteiger partial charge in [-0.3, -0.25) is 0 Å². The summed E-state index contributed by atoms with van der Waals surface area (Å²) >= 11 is 0. The van der Waals surface area contributed by atoms with Crippen LogP contribution in [0, 0.1) is 17.8 Å². The molecule has 0 radical (unpaired) electrons. The fraction of sp³-hybridized carbons (Fsp3) is 1.00. The molecule has 0 aliphatic heterocycles. The van der Waals surface area contributed by atoms with Gasteiger partial charge in [0.1, 0.15) is 0 Å². The van der Waals surface area contributed by atoms with Crippen LogP contribution < -0.4 is 0 Å². The molecule has 2 aliphatic rings. The van der Waals surface area contributed by atoms with Gasteiger partial charge in [-0.15, -0.1) is 0 Å². The molecule has 2 aliphatic carbocycles. The van der Waals surface area contributed by atoms with Crippen molar-refractivity contribution >= 4 is 0 Å². The van der Waals surface area contributed by atoms with Gasteiger partial charge in [0.25, 0.3) is 0 Å². The van der Waals surface area contributed by atoms with Gasteiger partial charge in [-0.1, -0.05) is 123 Å². The lowest BCUT2D eigenvalue weighted by Gasteiger charge is -2.38. The first-order chi connectivity index (χ1) is 15.8. The summed E-state index contributed by atoms with van der Waals surface area (Å²) in [6.45, 7) is 5.64. The smallest absolute Gasteiger partial charge is 0.0575 e. The Morgan fingerprint density at radius 3 is 1.44 bits per heavy atom. The topological polar surface area (TPSA) is 9.23 Å². The minimum atomic E-state index is 0.587. The third-order valence-electron chi connectivity index (χ3n) is 8.84. The molecule has 0 bridgehead atoms. The van der Waals surface area contributed by atoms with E-state index in [1.54, 1.807) is 0 Å². The van der Waals surface area contributed by atoms with Crippen molar-refractivity contribution in [3.05, 3.63) is 0 Å². The lowest BCUT2D eigenvalue weighted by Crippen LogP contribution is -2.28. The second-order valence-corrected chi connectivity index (χ2v) is 11.6. The number of rotatable bonds is 19. The Kier molecular flexibility index (Phi) is 17.0. The monoisotopic (exact) mass is 448 g/mol. The molecule has 2 saturated carbocycles. The molecule has 0 atom stereocenters. The highest BCUT2D eigenvalue weighted by atomic mass is 16.5. The van der Waals surface area contributed by atoms with Gasteiger partial charge in [-0.05, 0) is 62.7 Å². The summed E-state index contributed by atoms with van der Waals surface area (Å²) in [6, 6.07) is 0. The molecule has 0 aromatic rings. The van der Waals surface area contributed by atoms with Crippen LogP contribution in [0.5, 0.6) is 0 Å². The standard InChI is InChI=1S/C31H60O/c1-3-5-7-9-11-13-15-17-27-32-31-25-23-30(24-26-31)29-21-19-28(20-22-29)18-16-14-12-10-8-6-4-2/h28-31H,3-27H2,1-2H3. The van der Waals surface area contributed by atoms with Crippen LogP contribution in [0.3, 0.4) is 0 Å². The van der Waals surface area contributed by atoms with Gasteiger partial charge in [0.15, 0.2) is 0 Å². The average molecular weight is 449 g/mol. The first-order valence-electron chi connectivity index (χ1n) is 15.4.